The van der Waals surface area contributed by atoms with E-state index in [1.165, 1.54) is 0 Å². The third-order valence-electron chi connectivity index (χ3n) is 1.95. The van der Waals surface area contributed by atoms with E-state index < -0.39 is 0 Å². The van der Waals surface area contributed by atoms with Crippen molar-refractivity contribution in [3.8, 4) is 0 Å². The number of carbonyl (C=O) groups is 1. The highest BCUT2D eigenvalue weighted by Gasteiger charge is 2.07. The molecule has 0 saturated heterocycles. The van der Waals surface area contributed by atoms with Crippen molar-refractivity contribution in [2.75, 3.05) is 0 Å². The van der Waals surface area contributed by atoms with Crippen molar-refractivity contribution >= 4 is 30.0 Å². The predicted octanol–water partition coefficient (Wildman–Crippen LogP) is 2.02. The molecule has 0 radical (unpaired) electrons. The maximum Gasteiger partial charge on any atom is 0.257 e. The highest BCUT2D eigenvalue weighted by Crippen LogP contribution is 1.98. The van der Waals surface area contributed by atoms with Crippen LogP contribution >= 0.6 is 12.2 Å². The minimum absolute atomic E-state index is 0.157. The molecule has 0 aliphatic heterocycles. The standard InChI is InChI=1S/C13H13N3OS/c1-3-7-11(14-2)15-13(18)16-12(17)10-8-5-4-6-9-10/h3-9H,1-2H2,(H2,15,16,17,18)/b11-7+. The molecule has 0 aromatic heterocycles. The zero-order chi connectivity index (χ0) is 13.4. The molecule has 0 atom stereocenters. The summed E-state index contributed by atoms with van der Waals surface area (Å²) < 4.78 is 0. The SMILES string of the molecule is C=C/C=C(\N=C)NC(=S)NC(=O)c1ccccc1. The van der Waals surface area contributed by atoms with Crippen LogP contribution in [0.15, 0.2) is 59.9 Å². The summed E-state index contributed by atoms with van der Waals surface area (Å²) in [4.78, 5) is 15.4. The van der Waals surface area contributed by atoms with Crippen LogP contribution in [0, 0.1) is 0 Å². The van der Waals surface area contributed by atoms with Crippen LogP contribution in [-0.2, 0) is 0 Å². The molecule has 4 nitrogen and oxygen atoms in total. The molecule has 0 heterocycles. The van der Waals surface area contributed by atoms with E-state index in [1.807, 2.05) is 6.07 Å². The van der Waals surface area contributed by atoms with Crippen LogP contribution in [0.25, 0.3) is 0 Å². The second-order valence-corrected chi connectivity index (χ2v) is 3.63. The van der Waals surface area contributed by atoms with Crippen LogP contribution in [0.4, 0.5) is 0 Å². The molecule has 0 aliphatic rings. The quantitative estimate of drug-likeness (QED) is 0.494. The first-order chi connectivity index (χ1) is 8.67. The predicted molar refractivity (Wildman–Crippen MR) is 77.5 cm³/mol. The number of thiocarbonyl (C=S) groups is 1. The summed E-state index contributed by atoms with van der Waals surface area (Å²) in [6.07, 6.45) is 3.13. The van der Waals surface area contributed by atoms with Crippen molar-refractivity contribution in [2.45, 2.75) is 0 Å². The summed E-state index contributed by atoms with van der Waals surface area (Å²) in [6.45, 7) is 6.90. The molecule has 5 heteroatoms. The van der Waals surface area contributed by atoms with E-state index in [9.17, 15) is 4.79 Å². The van der Waals surface area contributed by atoms with Gasteiger partial charge < -0.3 is 5.32 Å². The van der Waals surface area contributed by atoms with Gasteiger partial charge in [0.1, 0.15) is 5.82 Å². The number of nitrogens with one attached hydrogen (secondary N) is 2. The van der Waals surface area contributed by atoms with E-state index in [2.05, 4.69) is 28.9 Å². The van der Waals surface area contributed by atoms with Crippen LogP contribution in [0.5, 0.6) is 0 Å². The number of allylic oxidation sites excluding steroid dienone is 2. The highest BCUT2D eigenvalue weighted by atomic mass is 32.1. The maximum atomic E-state index is 11.8. The number of hydrogen-bond acceptors (Lipinski definition) is 3. The van der Waals surface area contributed by atoms with Gasteiger partial charge in [0.2, 0.25) is 0 Å². The molecule has 0 saturated carbocycles. The van der Waals surface area contributed by atoms with Crippen LogP contribution in [0.1, 0.15) is 10.4 Å². The molecular formula is C13H13N3OS. The molecule has 1 rings (SSSR count). The number of hydrogen-bond donors (Lipinski definition) is 2. The lowest BCUT2D eigenvalue weighted by atomic mass is 10.2. The van der Waals surface area contributed by atoms with Gasteiger partial charge in [0.05, 0.1) is 0 Å². The lowest BCUT2D eigenvalue weighted by molar-refractivity contribution is 0.0977. The average Bonchev–Trinajstić information content (AvgIpc) is 2.39. The molecule has 1 amide bonds. The lowest BCUT2D eigenvalue weighted by Crippen LogP contribution is -2.38. The number of amides is 1. The Hall–Kier alpha value is -2.27. The Morgan fingerprint density at radius 2 is 1.94 bits per heavy atom. The van der Waals surface area contributed by atoms with Gasteiger partial charge in [-0.3, -0.25) is 10.1 Å². The molecule has 0 spiro atoms. The Morgan fingerprint density at radius 3 is 2.50 bits per heavy atom. The Balaban J connectivity index is 2.61. The maximum absolute atomic E-state index is 11.8. The second kappa shape index (κ2) is 7.13. The number of rotatable bonds is 4. The second-order valence-electron chi connectivity index (χ2n) is 3.22. The van der Waals surface area contributed by atoms with Gasteiger partial charge >= 0.3 is 0 Å². The Labute approximate surface area is 111 Å². The number of carbonyl (C=O) groups excluding carboxylic acids is 1. The molecule has 1 aromatic carbocycles. The zero-order valence-electron chi connectivity index (χ0n) is 9.72. The summed E-state index contributed by atoms with van der Waals surface area (Å²) >= 11 is 4.98. The Bertz CT molecular complexity index is 494. The highest BCUT2D eigenvalue weighted by molar-refractivity contribution is 7.80. The van der Waals surface area contributed by atoms with Gasteiger partial charge in [0.15, 0.2) is 5.11 Å². The monoisotopic (exact) mass is 259 g/mol. The molecule has 0 fully saturated rings. The first kappa shape index (κ1) is 13.8. The minimum Gasteiger partial charge on any atom is -0.317 e. The van der Waals surface area contributed by atoms with Crippen LogP contribution in [0.3, 0.4) is 0 Å². The zero-order valence-corrected chi connectivity index (χ0v) is 10.5. The summed E-state index contributed by atoms with van der Waals surface area (Å²) in [6, 6.07) is 8.79. The van der Waals surface area contributed by atoms with Gasteiger partial charge in [-0.1, -0.05) is 30.9 Å². The van der Waals surface area contributed by atoms with Gasteiger partial charge in [-0.05, 0) is 37.1 Å². The van der Waals surface area contributed by atoms with E-state index in [1.54, 1.807) is 36.4 Å². The third-order valence-corrected chi connectivity index (χ3v) is 2.15. The summed E-state index contributed by atoms with van der Waals surface area (Å²) in [5.41, 5.74) is 0.530. The van der Waals surface area contributed by atoms with Crippen LogP contribution in [-0.4, -0.2) is 17.7 Å². The van der Waals surface area contributed by atoms with Crippen molar-refractivity contribution in [3.63, 3.8) is 0 Å². The topological polar surface area (TPSA) is 53.5 Å². The molecule has 0 unspecified atom stereocenters. The first-order valence-corrected chi connectivity index (χ1v) is 5.55. The smallest absolute Gasteiger partial charge is 0.257 e. The van der Waals surface area contributed by atoms with E-state index >= 15 is 0 Å². The molecule has 0 bridgehead atoms. The largest absolute Gasteiger partial charge is 0.317 e. The summed E-state index contributed by atoms with van der Waals surface area (Å²) in [7, 11) is 0. The van der Waals surface area contributed by atoms with Crippen molar-refractivity contribution in [2.24, 2.45) is 4.99 Å². The molecule has 0 aliphatic carbocycles. The Kier molecular flexibility index (Phi) is 5.47. The number of benzene rings is 1. The van der Waals surface area contributed by atoms with Crippen molar-refractivity contribution < 1.29 is 4.79 Å². The van der Waals surface area contributed by atoms with Gasteiger partial charge in [-0.15, -0.1) is 0 Å². The van der Waals surface area contributed by atoms with E-state index in [4.69, 9.17) is 12.2 Å². The molecule has 18 heavy (non-hydrogen) atoms. The summed E-state index contributed by atoms with van der Waals surface area (Å²) in [5.74, 6) is 0.137. The van der Waals surface area contributed by atoms with E-state index in [0.29, 0.717) is 11.4 Å². The average molecular weight is 259 g/mol. The number of aliphatic imine (C=N–C) groups is 1. The van der Waals surface area contributed by atoms with E-state index in [0.717, 1.165) is 0 Å². The number of nitrogens with zero attached hydrogens (tertiary/aromatic N) is 1. The van der Waals surface area contributed by atoms with E-state index in [-0.39, 0.29) is 11.0 Å². The van der Waals surface area contributed by atoms with Crippen molar-refractivity contribution in [1.29, 1.82) is 0 Å². The first-order valence-electron chi connectivity index (χ1n) is 5.14. The molecular weight excluding hydrogens is 246 g/mol. The van der Waals surface area contributed by atoms with Gasteiger partial charge in [0, 0.05) is 5.56 Å². The fraction of sp³-hybridized carbons (Fsp3) is 0. The lowest BCUT2D eigenvalue weighted by Gasteiger charge is -2.09. The minimum atomic E-state index is -0.282. The van der Waals surface area contributed by atoms with Gasteiger partial charge in [0.25, 0.3) is 5.91 Å². The summed E-state index contributed by atoms with van der Waals surface area (Å²) in [5, 5.41) is 5.42. The normalized spacial score (nSPS) is 10.3. The van der Waals surface area contributed by atoms with Crippen LogP contribution < -0.4 is 10.6 Å². The molecule has 1 aromatic rings. The van der Waals surface area contributed by atoms with Gasteiger partial charge in [-0.25, -0.2) is 4.99 Å². The molecule has 92 valence electrons. The van der Waals surface area contributed by atoms with Gasteiger partial charge in [-0.2, -0.15) is 0 Å². The fourth-order valence-electron chi connectivity index (χ4n) is 1.16. The van der Waals surface area contributed by atoms with Crippen molar-refractivity contribution in [3.05, 3.63) is 60.4 Å². The van der Waals surface area contributed by atoms with Crippen molar-refractivity contribution in [1.82, 2.24) is 10.6 Å². The third kappa shape index (κ3) is 4.31. The Morgan fingerprint density at radius 1 is 1.28 bits per heavy atom. The van der Waals surface area contributed by atoms with Crippen LogP contribution in [0.2, 0.25) is 0 Å². The fourth-order valence-corrected chi connectivity index (χ4v) is 1.36. The molecule has 2 N–H and O–H groups in total.